The van der Waals surface area contributed by atoms with Crippen molar-refractivity contribution in [1.82, 2.24) is 9.62 Å². The summed E-state index contributed by atoms with van der Waals surface area (Å²) < 4.78 is 66.7. The molecule has 0 spiro atoms. The molecule has 1 aliphatic heterocycles. The van der Waals surface area contributed by atoms with Gasteiger partial charge >= 0.3 is 6.09 Å². The van der Waals surface area contributed by atoms with Crippen molar-refractivity contribution in [3.05, 3.63) is 90.0 Å². The van der Waals surface area contributed by atoms with E-state index in [1.807, 2.05) is 0 Å². The maximum absolute atomic E-state index is 14.5. The molecule has 2 N–H and O–H groups in total. The number of nitrogens with zero attached hydrogens (tertiary/aromatic N) is 2. The summed E-state index contributed by atoms with van der Waals surface area (Å²) in [5.41, 5.74) is 0.966. The second-order valence-corrected chi connectivity index (χ2v) is 12.8. The highest BCUT2D eigenvalue weighted by atomic mass is 32.2. The van der Waals surface area contributed by atoms with Crippen LogP contribution in [-0.4, -0.2) is 74.8 Å². The number of amides is 2. The van der Waals surface area contributed by atoms with Crippen LogP contribution in [0.2, 0.25) is 0 Å². The number of methoxy groups -OCH3 is 1. The molecule has 3 atom stereocenters. The monoisotopic (exact) mass is 631 g/mol. The van der Waals surface area contributed by atoms with Crippen molar-refractivity contribution in [2.24, 2.45) is 5.92 Å². The molecule has 1 heterocycles. The molecule has 0 unspecified atom stereocenters. The molecule has 0 aromatic heterocycles. The molecule has 10 nitrogen and oxygen atoms in total. The molecule has 0 bridgehead atoms. The van der Waals surface area contributed by atoms with Gasteiger partial charge < -0.3 is 19.9 Å². The lowest BCUT2D eigenvalue weighted by Gasteiger charge is -2.31. The number of carbonyl (C=O) groups is 2. The van der Waals surface area contributed by atoms with Crippen molar-refractivity contribution in [3.63, 3.8) is 0 Å². The smallest absolute Gasteiger partial charge is 0.415 e. The van der Waals surface area contributed by atoms with Gasteiger partial charge in [-0.25, -0.2) is 22.0 Å². The summed E-state index contributed by atoms with van der Waals surface area (Å²) >= 11 is 0. The molecule has 13 heteroatoms. The number of rotatable bonds is 13. The molecular weight excluding hydrogens is 596 g/mol. The lowest BCUT2D eigenvalue weighted by molar-refractivity contribution is -0.129. The van der Waals surface area contributed by atoms with Gasteiger partial charge in [-0.3, -0.25) is 9.69 Å². The van der Waals surface area contributed by atoms with E-state index in [1.165, 1.54) is 37.4 Å². The summed E-state index contributed by atoms with van der Waals surface area (Å²) in [5.74, 6) is -2.41. The Bertz CT molecular complexity index is 1570. The van der Waals surface area contributed by atoms with Gasteiger partial charge in [-0.05, 0) is 54.3 Å². The van der Waals surface area contributed by atoms with Gasteiger partial charge in [-0.15, -0.1) is 0 Å². The summed E-state index contributed by atoms with van der Waals surface area (Å²) in [4.78, 5) is 26.7. The average Bonchev–Trinajstić information content (AvgIpc) is 3.38. The highest BCUT2D eigenvalue weighted by molar-refractivity contribution is 7.89. The third-order valence-corrected chi connectivity index (χ3v) is 8.86. The number of hydrogen-bond donors (Lipinski definition) is 2. The second kappa shape index (κ2) is 14.1. The van der Waals surface area contributed by atoms with Crippen molar-refractivity contribution in [2.45, 2.75) is 43.4 Å². The van der Waals surface area contributed by atoms with Crippen LogP contribution < -0.4 is 15.0 Å². The fourth-order valence-corrected chi connectivity index (χ4v) is 6.49. The van der Waals surface area contributed by atoms with Crippen LogP contribution in [0.3, 0.4) is 0 Å². The Hall–Kier alpha value is -4.07. The van der Waals surface area contributed by atoms with E-state index in [-0.39, 0.29) is 41.8 Å². The Morgan fingerprint density at radius 2 is 1.82 bits per heavy atom. The van der Waals surface area contributed by atoms with Crippen molar-refractivity contribution >= 4 is 27.7 Å². The quantitative estimate of drug-likeness (QED) is 0.295. The predicted molar refractivity (Wildman–Crippen MR) is 159 cm³/mol. The number of nitrogens with one attached hydrogen (secondary N) is 1. The van der Waals surface area contributed by atoms with Gasteiger partial charge in [-0.1, -0.05) is 50.2 Å². The number of halogens is 2. The number of cyclic esters (lactones) is 1. The molecule has 44 heavy (non-hydrogen) atoms. The van der Waals surface area contributed by atoms with Crippen molar-refractivity contribution in [3.8, 4) is 5.75 Å². The van der Waals surface area contributed by atoms with E-state index in [2.05, 4.69) is 5.32 Å². The number of hydrogen-bond acceptors (Lipinski definition) is 7. The molecule has 1 aliphatic rings. The van der Waals surface area contributed by atoms with Gasteiger partial charge in [0.1, 0.15) is 5.82 Å². The highest BCUT2D eigenvalue weighted by Crippen LogP contribution is 2.25. The van der Waals surface area contributed by atoms with Crippen LogP contribution in [0.1, 0.15) is 19.4 Å². The van der Waals surface area contributed by atoms with E-state index in [9.17, 15) is 31.9 Å². The summed E-state index contributed by atoms with van der Waals surface area (Å²) in [7, 11) is -3.01. The summed E-state index contributed by atoms with van der Waals surface area (Å²) in [6, 6.07) is 16.5. The predicted octanol–water partition coefficient (Wildman–Crippen LogP) is 3.73. The van der Waals surface area contributed by atoms with E-state index in [4.69, 9.17) is 9.47 Å². The molecule has 4 rings (SSSR count). The number of sulfonamides is 1. The SMILES string of the molecule is COc1ccc(S(=O)(=O)N(CC(C)C)C[C@@H](O)[C@H](Cc2ccccc2)NC(=O)[C@@H]2CN(c3cccc(F)c3)C(=O)O2)cc1F. The van der Waals surface area contributed by atoms with Crippen LogP contribution in [0, 0.1) is 17.6 Å². The molecule has 2 amide bonds. The van der Waals surface area contributed by atoms with Crippen LogP contribution in [0.4, 0.5) is 19.3 Å². The van der Waals surface area contributed by atoms with Crippen LogP contribution >= 0.6 is 0 Å². The van der Waals surface area contributed by atoms with Gasteiger partial charge in [0, 0.05) is 13.1 Å². The first kappa shape index (κ1) is 32.8. The first-order valence-electron chi connectivity index (χ1n) is 14.0. The molecule has 3 aromatic rings. The first-order valence-corrected chi connectivity index (χ1v) is 15.4. The molecule has 0 saturated carbocycles. The van der Waals surface area contributed by atoms with E-state index in [0.717, 1.165) is 26.9 Å². The first-order chi connectivity index (χ1) is 20.9. The molecule has 3 aromatic carbocycles. The van der Waals surface area contributed by atoms with E-state index >= 15 is 0 Å². The van der Waals surface area contributed by atoms with Crippen LogP contribution in [0.5, 0.6) is 5.75 Å². The number of carbonyl (C=O) groups excluding carboxylic acids is 2. The van der Waals surface area contributed by atoms with Gasteiger partial charge in [0.15, 0.2) is 17.7 Å². The zero-order chi connectivity index (χ0) is 32.0. The third-order valence-electron chi connectivity index (χ3n) is 7.04. The summed E-state index contributed by atoms with van der Waals surface area (Å²) in [6.07, 6.45) is -3.41. The molecule has 236 valence electrons. The summed E-state index contributed by atoms with van der Waals surface area (Å²) in [5, 5.41) is 14.2. The van der Waals surface area contributed by atoms with Gasteiger partial charge in [0.05, 0.1) is 36.4 Å². The van der Waals surface area contributed by atoms with E-state index < -0.39 is 58.5 Å². The third kappa shape index (κ3) is 7.90. The summed E-state index contributed by atoms with van der Waals surface area (Å²) in [6.45, 7) is 2.98. The Kier molecular flexibility index (Phi) is 10.6. The maximum Gasteiger partial charge on any atom is 0.415 e. The normalized spacial score (nSPS) is 16.6. The topological polar surface area (TPSA) is 125 Å². The van der Waals surface area contributed by atoms with Gasteiger partial charge in [-0.2, -0.15) is 4.31 Å². The van der Waals surface area contributed by atoms with Crippen molar-refractivity contribution < 1.29 is 41.4 Å². The number of anilines is 1. The zero-order valence-electron chi connectivity index (χ0n) is 24.5. The largest absolute Gasteiger partial charge is 0.494 e. The maximum atomic E-state index is 14.5. The van der Waals surface area contributed by atoms with E-state index in [1.54, 1.807) is 44.2 Å². The number of benzene rings is 3. The van der Waals surface area contributed by atoms with Crippen molar-refractivity contribution in [1.29, 1.82) is 0 Å². The Morgan fingerprint density at radius 3 is 2.45 bits per heavy atom. The molecule has 1 fully saturated rings. The standard InChI is InChI=1S/C31H35F2N3O7S/c1-20(2)17-35(44(40,41)24-12-13-28(42-3)25(33)16-24)18-27(37)26(14-21-8-5-4-6-9-21)34-30(38)29-19-36(31(39)43-29)23-11-7-10-22(32)15-23/h4-13,15-16,20,26-27,29,37H,14,17-19H2,1-3H3,(H,34,38)/t26-,27+,29-/m0/s1. The lowest BCUT2D eigenvalue weighted by atomic mass is 10.0. The van der Waals surface area contributed by atoms with Crippen LogP contribution in [0.25, 0.3) is 0 Å². The minimum Gasteiger partial charge on any atom is -0.494 e. The second-order valence-electron chi connectivity index (χ2n) is 10.8. The molecule has 1 saturated heterocycles. The van der Waals surface area contributed by atoms with Gasteiger partial charge in [0.2, 0.25) is 10.0 Å². The molecule has 0 aliphatic carbocycles. The zero-order valence-corrected chi connectivity index (χ0v) is 25.3. The lowest BCUT2D eigenvalue weighted by Crippen LogP contribution is -2.53. The Labute approximate surface area is 255 Å². The average molecular weight is 632 g/mol. The van der Waals surface area contributed by atoms with Crippen LogP contribution in [-0.2, 0) is 26.0 Å². The molecular formula is C31H35F2N3O7S. The fourth-order valence-electron chi connectivity index (χ4n) is 4.85. The highest BCUT2D eigenvalue weighted by Gasteiger charge is 2.39. The Balaban J connectivity index is 1.56. The fraction of sp³-hybridized carbons (Fsp3) is 0.355. The Morgan fingerprint density at radius 1 is 1.09 bits per heavy atom. The number of aliphatic hydroxyl groups excluding tert-OH is 1. The number of ether oxygens (including phenoxy) is 2. The molecule has 0 radical (unpaired) electrons. The number of aliphatic hydroxyl groups is 1. The van der Waals surface area contributed by atoms with Crippen molar-refractivity contribution in [2.75, 3.05) is 31.6 Å². The van der Waals surface area contributed by atoms with Crippen LogP contribution in [0.15, 0.2) is 77.7 Å². The minimum absolute atomic E-state index is 0.00186. The van der Waals surface area contributed by atoms with E-state index in [0.29, 0.717) is 0 Å². The van der Waals surface area contributed by atoms with Gasteiger partial charge in [0.25, 0.3) is 5.91 Å². The minimum atomic E-state index is -4.28.